The number of hydrogen-bond donors (Lipinski definition) is 3. The molecule has 0 saturated heterocycles. The molecule has 2 amide bonds. The predicted molar refractivity (Wildman–Crippen MR) is 127 cm³/mol. The standard InChI is InChI=1S/C25H27N3O4/c1-31-21-13-14-23(32-2)22(16-21)28-25(30)17-26-19-9-11-20(12-10-19)27-24(29)15-8-18-6-4-3-5-7-18/h3-7,9-14,16,26H,8,15,17H2,1-2H3,(H,27,29)(H,28,30). The van der Waals surface area contributed by atoms with Gasteiger partial charge < -0.3 is 25.4 Å². The van der Waals surface area contributed by atoms with E-state index in [0.29, 0.717) is 35.7 Å². The Morgan fingerprint density at radius 1 is 0.781 bits per heavy atom. The van der Waals surface area contributed by atoms with Gasteiger partial charge in [0.15, 0.2) is 0 Å². The molecule has 0 aliphatic rings. The van der Waals surface area contributed by atoms with Crippen molar-refractivity contribution in [3.05, 3.63) is 78.4 Å². The molecular weight excluding hydrogens is 406 g/mol. The van der Waals surface area contributed by atoms with E-state index in [2.05, 4.69) is 16.0 Å². The van der Waals surface area contributed by atoms with E-state index in [1.165, 1.54) is 7.11 Å². The Kier molecular flexibility index (Phi) is 8.09. The summed E-state index contributed by atoms with van der Waals surface area (Å²) in [5.74, 6) is 0.901. The van der Waals surface area contributed by atoms with Gasteiger partial charge in [-0.05, 0) is 48.4 Å². The van der Waals surface area contributed by atoms with E-state index < -0.39 is 0 Å². The zero-order valence-corrected chi connectivity index (χ0v) is 18.2. The molecule has 7 nitrogen and oxygen atoms in total. The number of nitrogens with one attached hydrogen (secondary N) is 3. The van der Waals surface area contributed by atoms with Gasteiger partial charge in [0.2, 0.25) is 11.8 Å². The molecule has 0 fully saturated rings. The van der Waals surface area contributed by atoms with Gasteiger partial charge in [-0.2, -0.15) is 0 Å². The molecule has 0 atom stereocenters. The van der Waals surface area contributed by atoms with E-state index in [4.69, 9.17) is 9.47 Å². The van der Waals surface area contributed by atoms with Gasteiger partial charge in [-0.15, -0.1) is 0 Å². The van der Waals surface area contributed by atoms with Crippen LogP contribution in [0.4, 0.5) is 17.1 Å². The Morgan fingerprint density at radius 3 is 2.19 bits per heavy atom. The lowest BCUT2D eigenvalue weighted by molar-refractivity contribution is -0.116. The van der Waals surface area contributed by atoms with Gasteiger partial charge in [0, 0.05) is 23.9 Å². The second-order valence-corrected chi connectivity index (χ2v) is 7.08. The SMILES string of the molecule is COc1ccc(OC)c(NC(=O)CNc2ccc(NC(=O)CCc3ccccc3)cc2)c1. The van der Waals surface area contributed by atoms with Gasteiger partial charge in [0.25, 0.3) is 0 Å². The lowest BCUT2D eigenvalue weighted by Crippen LogP contribution is -2.22. The van der Waals surface area contributed by atoms with Crippen molar-refractivity contribution in [1.82, 2.24) is 0 Å². The van der Waals surface area contributed by atoms with Crippen molar-refractivity contribution >= 4 is 28.9 Å². The Morgan fingerprint density at radius 2 is 1.50 bits per heavy atom. The highest BCUT2D eigenvalue weighted by Gasteiger charge is 2.09. The van der Waals surface area contributed by atoms with E-state index in [-0.39, 0.29) is 18.4 Å². The molecule has 0 bridgehead atoms. The second kappa shape index (κ2) is 11.4. The highest BCUT2D eigenvalue weighted by Crippen LogP contribution is 2.28. The molecule has 3 aromatic carbocycles. The van der Waals surface area contributed by atoms with Crippen LogP contribution in [0.2, 0.25) is 0 Å². The van der Waals surface area contributed by atoms with Gasteiger partial charge in [-0.3, -0.25) is 9.59 Å². The number of hydrogen-bond acceptors (Lipinski definition) is 5. The third-order valence-electron chi connectivity index (χ3n) is 4.79. The predicted octanol–water partition coefficient (Wildman–Crippen LogP) is 4.33. The maximum Gasteiger partial charge on any atom is 0.243 e. The molecule has 0 aliphatic heterocycles. The smallest absolute Gasteiger partial charge is 0.243 e. The third kappa shape index (κ3) is 6.77. The van der Waals surface area contributed by atoms with E-state index in [9.17, 15) is 9.59 Å². The third-order valence-corrected chi connectivity index (χ3v) is 4.79. The molecule has 0 spiro atoms. The molecular formula is C25H27N3O4. The molecule has 0 unspecified atom stereocenters. The summed E-state index contributed by atoms with van der Waals surface area (Å²) in [7, 11) is 3.10. The minimum Gasteiger partial charge on any atom is -0.497 e. The monoisotopic (exact) mass is 433 g/mol. The highest BCUT2D eigenvalue weighted by atomic mass is 16.5. The molecule has 3 rings (SSSR count). The maximum atomic E-state index is 12.3. The van der Waals surface area contributed by atoms with Crippen LogP contribution in [-0.4, -0.2) is 32.6 Å². The zero-order valence-electron chi connectivity index (χ0n) is 18.2. The van der Waals surface area contributed by atoms with Crippen molar-refractivity contribution in [1.29, 1.82) is 0 Å². The normalized spacial score (nSPS) is 10.2. The minimum atomic E-state index is -0.227. The quantitative estimate of drug-likeness (QED) is 0.443. The molecule has 3 N–H and O–H groups in total. The number of aryl methyl sites for hydroxylation is 1. The Hall–Kier alpha value is -4.00. The summed E-state index contributed by atoms with van der Waals surface area (Å²) < 4.78 is 10.5. The number of carbonyl (C=O) groups excluding carboxylic acids is 2. The maximum absolute atomic E-state index is 12.3. The van der Waals surface area contributed by atoms with E-state index in [1.807, 2.05) is 42.5 Å². The summed E-state index contributed by atoms with van der Waals surface area (Å²) in [4.78, 5) is 24.5. The molecule has 0 saturated carbocycles. The minimum absolute atomic E-state index is 0.0406. The van der Waals surface area contributed by atoms with Crippen molar-refractivity contribution in [2.75, 3.05) is 36.7 Å². The van der Waals surface area contributed by atoms with Crippen LogP contribution >= 0.6 is 0 Å². The number of benzene rings is 3. The summed E-state index contributed by atoms with van der Waals surface area (Å²) >= 11 is 0. The molecule has 32 heavy (non-hydrogen) atoms. The van der Waals surface area contributed by atoms with Crippen LogP contribution < -0.4 is 25.4 Å². The van der Waals surface area contributed by atoms with Crippen molar-refractivity contribution in [2.24, 2.45) is 0 Å². The molecule has 166 valence electrons. The number of amides is 2. The first-order valence-electron chi connectivity index (χ1n) is 10.3. The summed E-state index contributed by atoms with van der Waals surface area (Å²) in [6, 6.07) is 22.3. The number of rotatable bonds is 10. The van der Waals surface area contributed by atoms with Crippen LogP contribution in [0, 0.1) is 0 Å². The zero-order chi connectivity index (χ0) is 22.8. The summed E-state index contributed by atoms with van der Waals surface area (Å²) in [6.07, 6.45) is 1.11. The largest absolute Gasteiger partial charge is 0.497 e. The molecule has 0 aromatic heterocycles. The number of carbonyl (C=O) groups is 2. The van der Waals surface area contributed by atoms with Gasteiger partial charge in [0.05, 0.1) is 26.5 Å². The average Bonchev–Trinajstić information content (AvgIpc) is 2.83. The van der Waals surface area contributed by atoms with Crippen LogP contribution in [0.1, 0.15) is 12.0 Å². The fourth-order valence-corrected chi connectivity index (χ4v) is 3.09. The number of anilines is 3. The number of ether oxygens (including phenoxy) is 2. The fourth-order valence-electron chi connectivity index (χ4n) is 3.09. The Balaban J connectivity index is 1.46. The van der Waals surface area contributed by atoms with Crippen LogP contribution in [0.5, 0.6) is 11.5 Å². The molecule has 0 heterocycles. The first-order valence-corrected chi connectivity index (χ1v) is 10.3. The molecule has 0 radical (unpaired) electrons. The van der Waals surface area contributed by atoms with Crippen LogP contribution in [-0.2, 0) is 16.0 Å². The summed E-state index contributed by atoms with van der Waals surface area (Å²) in [6.45, 7) is 0.0726. The first kappa shape index (κ1) is 22.7. The van der Waals surface area contributed by atoms with Gasteiger partial charge in [-0.25, -0.2) is 0 Å². The molecule has 3 aromatic rings. The lowest BCUT2D eigenvalue weighted by Gasteiger charge is -2.13. The van der Waals surface area contributed by atoms with E-state index in [1.54, 1.807) is 37.4 Å². The van der Waals surface area contributed by atoms with Crippen molar-refractivity contribution < 1.29 is 19.1 Å². The second-order valence-electron chi connectivity index (χ2n) is 7.08. The van der Waals surface area contributed by atoms with E-state index in [0.717, 1.165) is 11.3 Å². The van der Waals surface area contributed by atoms with Gasteiger partial charge in [0.1, 0.15) is 11.5 Å². The van der Waals surface area contributed by atoms with Crippen molar-refractivity contribution in [3.63, 3.8) is 0 Å². The summed E-state index contributed by atoms with van der Waals surface area (Å²) in [5.41, 5.74) is 3.14. The van der Waals surface area contributed by atoms with Gasteiger partial charge in [-0.1, -0.05) is 30.3 Å². The molecule has 0 aliphatic carbocycles. The molecule has 7 heteroatoms. The number of methoxy groups -OCH3 is 2. The Bertz CT molecular complexity index is 1040. The van der Waals surface area contributed by atoms with Gasteiger partial charge >= 0.3 is 0 Å². The van der Waals surface area contributed by atoms with Crippen LogP contribution in [0.15, 0.2) is 72.8 Å². The average molecular weight is 434 g/mol. The van der Waals surface area contributed by atoms with E-state index >= 15 is 0 Å². The highest BCUT2D eigenvalue weighted by molar-refractivity contribution is 5.95. The lowest BCUT2D eigenvalue weighted by atomic mass is 10.1. The summed E-state index contributed by atoms with van der Waals surface area (Å²) in [5, 5.41) is 8.76. The van der Waals surface area contributed by atoms with Crippen LogP contribution in [0.3, 0.4) is 0 Å². The fraction of sp³-hybridized carbons (Fsp3) is 0.200. The Labute approximate surface area is 187 Å². The van der Waals surface area contributed by atoms with Crippen molar-refractivity contribution in [2.45, 2.75) is 12.8 Å². The van der Waals surface area contributed by atoms with Crippen LogP contribution in [0.25, 0.3) is 0 Å². The first-order chi connectivity index (χ1) is 15.6. The topological polar surface area (TPSA) is 88.7 Å². The van der Waals surface area contributed by atoms with Crippen molar-refractivity contribution in [3.8, 4) is 11.5 Å².